The molecule has 1 fully saturated rings. The van der Waals surface area contributed by atoms with Crippen LogP contribution in [0.25, 0.3) is 0 Å². The first kappa shape index (κ1) is 16.7. The highest BCUT2D eigenvalue weighted by atomic mass is 32.2. The van der Waals surface area contributed by atoms with Crippen molar-refractivity contribution in [1.29, 1.82) is 0 Å². The molecule has 3 rings (SSSR count). The van der Waals surface area contributed by atoms with Crippen molar-refractivity contribution in [3.63, 3.8) is 0 Å². The summed E-state index contributed by atoms with van der Waals surface area (Å²) in [6.45, 7) is 1.36. The fourth-order valence-electron chi connectivity index (χ4n) is 3.11. The van der Waals surface area contributed by atoms with Crippen LogP contribution >= 0.6 is 0 Å². The SMILES string of the molecule is NS(=O)(=O)Cc1cccc(C(=O)N2CCC[C@H]2Cn2cccn2)c1. The van der Waals surface area contributed by atoms with Gasteiger partial charge in [0.1, 0.15) is 0 Å². The summed E-state index contributed by atoms with van der Waals surface area (Å²) in [5.74, 6) is -0.355. The van der Waals surface area contributed by atoms with E-state index in [1.165, 1.54) is 0 Å². The Morgan fingerprint density at radius 3 is 2.88 bits per heavy atom. The van der Waals surface area contributed by atoms with Crippen LogP contribution in [0.2, 0.25) is 0 Å². The average molecular weight is 348 g/mol. The van der Waals surface area contributed by atoms with Gasteiger partial charge in [0, 0.05) is 24.5 Å². The molecule has 0 radical (unpaired) electrons. The summed E-state index contributed by atoms with van der Waals surface area (Å²) >= 11 is 0. The van der Waals surface area contributed by atoms with Crippen molar-refractivity contribution in [1.82, 2.24) is 14.7 Å². The molecule has 1 amide bonds. The van der Waals surface area contributed by atoms with Gasteiger partial charge in [-0.05, 0) is 36.6 Å². The van der Waals surface area contributed by atoms with Crippen molar-refractivity contribution < 1.29 is 13.2 Å². The van der Waals surface area contributed by atoms with Crippen LogP contribution in [0.5, 0.6) is 0 Å². The molecule has 128 valence electrons. The number of benzene rings is 1. The van der Waals surface area contributed by atoms with Gasteiger partial charge in [-0.1, -0.05) is 12.1 Å². The van der Waals surface area contributed by atoms with Crippen LogP contribution < -0.4 is 5.14 Å². The standard InChI is InChI=1S/C16H20N4O3S/c17-24(22,23)12-13-4-1-5-14(10-13)16(21)20-9-2-6-15(20)11-19-8-3-7-18-19/h1,3-5,7-8,10,15H,2,6,9,11-12H2,(H2,17,22,23)/t15-/m0/s1. The molecule has 8 heteroatoms. The highest BCUT2D eigenvalue weighted by molar-refractivity contribution is 7.88. The Morgan fingerprint density at radius 1 is 1.33 bits per heavy atom. The van der Waals surface area contributed by atoms with E-state index >= 15 is 0 Å². The number of likely N-dealkylation sites (tertiary alicyclic amines) is 1. The second kappa shape index (κ2) is 6.74. The molecule has 1 aromatic carbocycles. The Bertz CT molecular complexity index is 818. The second-order valence-electron chi connectivity index (χ2n) is 6.03. The minimum atomic E-state index is -3.62. The van der Waals surface area contributed by atoms with Crippen molar-refractivity contribution in [2.75, 3.05) is 6.54 Å². The second-order valence-corrected chi connectivity index (χ2v) is 7.64. The number of amides is 1. The van der Waals surface area contributed by atoms with E-state index in [4.69, 9.17) is 5.14 Å². The molecule has 7 nitrogen and oxygen atoms in total. The van der Waals surface area contributed by atoms with Gasteiger partial charge in [0.25, 0.3) is 5.91 Å². The molecule has 2 N–H and O–H groups in total. The Morgan fingerprint density at radius 2 is 2.17 bits per heavy atom. The fraction of sp³-hybridized carbons (Fsp3) is 0.375. The number of aromatic nitrogens is 2. The lowest BCUT2D eigenvalue weighted by atomic mass is 10.1. The molecule has 1 aliphatic rings. The molecule has 1 atom stereocenters. The number of nitrogens with two attached hydrogens (primary N) is 1. The highest BCUT2D eigenvalue weighted by Crippen LogP contribution is 2.22. The quantitative estimate of drug-likeness (QED) is 0.870. The summed E-state index contributed by atoms with van der Waals surface area (Å²) in [6, 6.07) is 8.62. The molecule has 2 aromatic rings. The van der Waals surface area contributed by atoms with Gasteiger partial charge in [-0.25, -0.2) is 13.6 Å². The van der Waals surface area contributed by atoms with Gasteiger partial charge >= 0.3 is 0 Å². The number of primary sulfonamides is 1. The van der Waals surface area contributed by atoms with Crippen LogP contribution in [0.3, 0.4) is 0 Å². The van der Waals surface area contributed by atoms with Crippen molar-refractivity contribution in [3.8, 4) is 0 Å². The molecule has 0 aliphatic carbocycles. The summed E-state index contributed by atoms with van der Waals surface area (Å²) in [4.78, 5) is 14.7. The highest BCUT2D eigenvalue weighted by Gasteiger charge is 2.29. The monoisotopic (exact) mass is 348 g/mol. The van der Waals surface area contributed by atoms with E-state index in [1.54, 1.807) is 30.5 Å². The minimum Gasteiger partial charge on any atom is -0.334 e. The van der Waals surface area contributed by atoms with E-state index in [-0.39, 0.29) is 17.7 Å². The first-order valence-electron chi connectivity index (χ1n) is 7.80. The maximum Gasteiger partial charge on any atom is 0.254 e. The van der Waals surface area contributed by atoms with Crippen LogP contribution in [0, 0.1) is 0 Å². The van der Waals surface area contributed by atoms with Gasteiger partial charge in [0.15, 0.2) is 0 Å². The molecule has 1 saturated heterocycles. The Hall–Kier alpha value is -2.19. The third-order valence-electron chi connectivity index (χ3n) is 4.14. The molecule has 0 spiro atoms. The number of carbonyl (C=O) groups is 1. The lowest BCUT2D eigenvalue weighted by Gasteiger charge is -2.25. The first-order valence-corrected chi connectivity index (χ1v) is 9.52. The van der Waals surface area contributed by atoms with E-state index in [0.717, 1.165) is 12.8 Å². The van der Waals surface area contributed by atoms with Crippen molar-refractivity contribution in [2.24, 2.45) is 5.14 Å². The molecular formula is C16H20N4O3S. The van der Waals surface area contributed by atoms with Crippen LogP contribution in [0.1, 0.15) is 28.8 Å². The Kier molecular flexibility index (Phi) is 4.68. The third-order valence-corrected chi connectivity index (χ3v) is 4.87. The molecule has 1 aromatic heterocycles. The number of carbonyl (C=O) groups excluding carboxylic acids is 1. The topological polar surface area (TPSA) is 98.3 Å². The van der Waals surface area contributed by atoms with Gasteiger partial charge < -0.3 is 4.90 Å². The van der Waals surface area contributed by atoms with Gasteiger partial charge in [-0.2, -0.15) is 5.10 Å². The van der Waals surface area contributed by atoms with Crippen molar-refractivity contribution in [3.05, 3.63) is 53.9 Å². The van der Waals surface area contributed by atoms with E-state index in [0.29, 0.717) is 24.2 Å². The molecule has 0 bridgehead atoms. The maximum absolute atomic E-state index is 12.8. The average Bonchev–Trinajstić information content (AvgIpc) is 3.17. The molecule has 0 unspecified atom stereocenters. The van der Waals surface area contributed by atoms with Crippen LogP contribution in [-0.4, -0.2) is 41.6 Å². The zero-order valence-electron chi connectivity index (χ0n) is 13.2. The van der Waals surface area contributed by atoms with Crippen molar-refractivity contribution in [2.45, 2.75) is 31.2 Å². The number of hydrogen-bond donors (Lipinski definition) is 1. The number of rotatable bonds is 5. The predicted octanol–water partition coefficient (Wildman–Crippen LogP) is 0.976. The third kappa shape index (κ3) is 4.01. The van der Waals surface area contributed by atoms with Gasteiger partial charge in [-0.15, -0.1) is 0 Å². The lowest BCUT2D eigenvalue weighted by molar-refractivity contribution is 0.0721. The van der Waals surface area contributed by atoms with Crippen molar-refractivity contribution >= 4 is 15.9 Å². The number of nitrogens with zero attached hydrogens (tertiary/aromatic N) is 3. The maximum atomic E-state index is 12.8. The predicted molar refractivity (Wildman–Crippen MR) is 89.5 cm³/mol. The Balaban J connectivity index is 1.76. The van der Waals surface area contributed by atoms with Gasteiger partial charge in [-0.3, -0.25) is 9.48 Å². The molecule has 2 heterocycles. The molecular weight excluding hydrogens is 328 g/mol. The summed E-state index contributed by atoms with van der Waals surface area (Å²) in [6.07, 6.45) is 5.49. The Labute approximate surface area is 141 Å². The number of hydrogen-bond acceptors (Lipinski definition) is 4. The van der Waals surface area contributed by atoms with E-state index in [9.17, 15) is 13.2 Å². The fourth-order valence-corrected chi connectivity index (χ4v) is 3.75. The minimum absolute atomic E-state index is 0.0825. The summed E-state index contributed by atoms with van der Waals surface area (Å²) in [7, 11) is -3.62. The summed E-state index contributed by atoms with van der Waals surface area (Å²) in [5, 5.41) is 9.28. The van der Waals surface area contributed by atoms with Crippen LogP contribution in [-0.2, 0) is 22.3 Å². The largest absolute Gasteiger partial charge is 0.334 e. The normalized spacial score (nSPS) is 18.0. The molecule has 0 saturated carbocycles. The van der Waals surface area contributed by atoms with Gasteiger partial charge in [0.05, 0.1) is 18.3 Å². The smallest absolute Gasteiger partial charge is 0.254 e. The number of sulfonamides is 1. The lowest BCUT2D eigenvalue weighted by Crippen LogP contribution is -2.38. The summed E-state index contributed by atoms with van der Waals surface area (Å²) in [5.41, 5.74) is 1.01. The first-order chi connectivity index (χ1) is 11.4. The van der Waals surface area contributed by atoms with E-state index in [2.05, 4.69) is 5.10 Å². The molecule has 1 aliphatic heterocycles. The summed E-state index contributed by atoms with van der Waals surface area (Å²) < 4.78 is 24.3. The molecule has 24 heavy (non-hydrogen) atoms. The van der Waals surface area contributed by atoms with Gasteiger partial charge in [0.2, 0.25) is 10.0 Å². The van der Waals surface area contributed by atoms with Crippen LogP contribution in [0.15, 0.2) is 42.7 Å². The van der Waals surface area contributed by atoms with E-state index < -0.39 is 10.0 Å². The zero-order chi connectivity index (χ0) is 17.2. The zero-order valence-corrected chi connectivity index (χ0v) is 14.0. The van der Waals surface area contributed by atoms with Crippen LogP contribution in [0.4, 0.5) is 0 Å². The van der Waals surface area contributed by atoms with E-state index in [1.807, 2.05) is 21.8 Å².